The number of anilines is 1. The van der Waals surface area contributed by atoms with Gasteiger partial charge in [-0.3, -0.25) is 0 Å². The van der Waals surface area contributed by atoms with Gasteiger partial charge in [-0.05, 0) is 39.0 Å². The van der Waals surface area contributed by atoms with E-state index in [0.29, 0.717) is 12.1 Å². The molecule has 0 aromatic heterocycles. The van der Waals surface area contributed by atoms with E-state index in [-0.39, 0.29) is 5.54 Å². The van der Waals surface area contributed by atoms with Crippen molar-refractivity contribution in [2.45, 2.75) is 26.3 Å². The Morgan fingerprint density at radius 1 is 1.47 bits per heavy atom. The summed E-state index contributed by atoms with van der Waals surface area (Å²) in [5, 5.41) is 9.17. The molecule has 0 aliphatic heterocycles. The fraction of sp³-hybridized carbons (Fsp3) is 0.357. The van der Waals surface area contributed by atoms with Gasteiger partial charge in [0.15, 0.2) is 0 Å². The van der Waals surface area contributed by atoms with Gasteiger partial charge in [0.05, 0.1) is 11.3 Å². The molecule has 2 nitrogen and oxygen atoms in total. The molecule has 0 heterocycles. The molecule has 0 saturated heterocycles. The van der Waals surface area contributed by atoms with Crippen LogP contribution in [-0.2, 0) is 0 Å². The Hall–Kier alpha value is -1.27. The molecule has 0 fully saturated rings. The van der Waals surface area contributed by atoms with Gasteiger partial charge in [-0.25, -0.2) is 0 Å². The fourth-order valence-corrected chi connectivity index (χ4v) is 2.03. The van der Waals surface area contributed by atoms with Gasteiger partial charge in [-0.1, -0.05) is 22.0 Å². The summed E-state index contributed by atoms with van der Waals surface area (Å²) in [5.41, 5.74) is 1.57. The third-order valence-corrected chi connectivity index (χ3v) is 2.99. The zero-order valence-corrected chi connectivity index (χ0v) is 12.1. The lowest BCUT2D eigenvalue weighted by atomic mass is 10.0. The van der Waals surface area contributed by atoms with E-state index in [2.05, 4.69) is 54.2 Å². The lowest BCUT2D eigenvalue weighted by Gasteiger charge is -2.37. The van der Waals surface area contributed by atoms with Crippen LogP contribution >= 0.6 is 15.9 Å². The molecule has 0 atom stereocenters. The average Bonchev–Trinajstić information content (AvgIpc) is 2.24. The maximum Gasteiger partial charge on any atom is 0.101 e. The number of hydrogen-bond donors (Lipinski definition) is 0. The van der Waals surface area contributed by atoms with Crippen molar-refractivity contribution in [1.82, 2.24) is 0 Å². The van der Waals surface area contributed by atoms with Crippen molar-refractivity contribution in [1.29, 1.82) is 5.26 Å². The third kappa shape index (κ3) is 3.34. The van der Waals surface area contributed by atoms with Crippen LogP contribution in [0.2, 0.25) is 0 Å². The van der Waals surface area contributed by atoms with E-state index >= 15 is 0 Å². The van der Waals surface area contributed by atoms with E-state index in [4.69, 9.17) is 0 Å². The average molecular weight is 293 g/mol. The van der Waals surface area contributed by atoms with Gasteiger partial charge < -0.3 is 4.90 Å². The van der Waals surface area contributed by atoms with Crippen LogP contribution in [0.1, 0.15) is 26.3 Å². The molecule has 0 radical (unpaired) electrons. The molecule has 0 aliphatic carbocycles. The molecule has 0 N–H and O–H groups in total. The lowest BCUT2D eigenvalue weighted by molar-refractivity contribution is 0.522. The maximum atomic E-state index is 9.17. The Bertz CT molecular complexity index is 452. The van der Waals surface area contributed by atoms with Gasteiger partial charge in [0.25, 0.3) is 0 Å². The van der Waals surface area contributed by atoms with Gasteiger partial charge in [-0.2, -0.15) is 5.26 Å². The molecule has 0 saturated carbocycles. The van der Waals surface area contributed by atoms with Crippen LogP contribution in [0.25, 0.3) is 0 Å². The van der Waals surface area contributed by atoms with E-state index in [9.17, 15) is 5.26 Å². The van der Waals surface area contributed by atoms with E-state index in [0.717, 1.165) is 10.2 Å². The molecule has 0 amide bonds. The molecule has 0 spiro atoms. The Balaban J connectivity index is 3.32. The smallest absolute Gasteiger partial charge is 0.101 e. The van der Waals surface area contributed by atoms with Crippen molar-refractivity contribution in [3.05, 3.63) is 40.9 Å². The summed E-state index contributed by atoms with van der Waals surface area (Å²) in [6.45, 7) is 10.9. The van der Waals surface area contributed by atoms with E-state index < -0.39 is 0 Å². The maximum absolute atomic E-state index is 9.17. The molecule has 17 heavy (non-hydrogen) atoms. The third-order valence-electron chi connectivity index (χ3n) is 2.49. The second-order valence-electron chi connectivity index (χ2n) is 4.84. The van der Waals surface area contributed by atoms with Gasteiger partial charge in [0.2, 0.25) is 0 Å². The number of benzene rings is 1. The highest BCUT2D eigenvalue weighted by Gasteiger charge is 2.22. The van der Waals surface area contributed by atoms with Gasteiger partial charge in [0.1, 0.15) is 6.07 Å². The molecule has 1 rings (SSSR count). The minimum atomic E-state index is -0.0550. The first-order valence-electron chi connectivity index (χ1n) is 5.48. The van der Waals surface area contributed by atoms with Crippen molar-refractivity contribution < 1.29 is 0 Å². The van der Waals surface area contributed by atoms with Crippen molar-refractivity contribution in [3.8, 4) is 6.07 Å². The summed E-state index contributed by atoms with van der Waals surface area (Å²) in [6, 6.07) is 7.94. The molecule has 0 unspecified atom stereocenters. The molecule has 90 valence electrons. The van der Waals surface area contributed by atoms with Crippen molar-refractivity contribution in [2.24, 2.45) is 0 Å². The summed E-state index contributed by atoms with van der Waals surface area (Å²) < 4.78 is 0.977. The van der Waals surface area contributed by atoms with Crippen LogP contribution in [0.3, 0.4) is 0 Å². The number of hydrogen-bond acceptors (Lipinski definition) is 2. The molecule has 3 heteroatoms. The summed E-state index contributed by atoms with van der Waals surface area (Å²) in [7, 11) is 0. The molecule has 0 aliphatic rings. The van der Waals surface area contributed by atoms with Gasteiger partial charge in [0, 0.05) is 16.6 Å². The standard InChI is InChI=1S/C14H17BrN2/c1-5-8-17(14(2,3)4)13-9-12(15)7-6-11(13)10-16/h5-7,9H,1,8H2,2-4H3. The quantitative estimate of drug-likeness (QED) is 0.784. The summed E-state index contributed by atoms with van der Waals surface area (Å²) in [6.07, 6.45) is 1.85. The van der Waals surface area contributed by atoms with Gasteiger partial charge in [-0.15, -0.1) is 6.58 Å². The first-order valence-corrected chi connectivity index (χ1v) is 6.27. The minimum absolute atomic E-state index is 0.0550. The largest absolute Gasteiger partial charge is 0.362 e. The van der Waals surface area contributed by atoms with Crippen LogP contribution in [0, 0.1) is 11.3 Å². The van der Waals surface area contributed by atoms with E-state index in [1.807, 2.05) is 24.3 Å². The first-order chi connectivity index (χ1) is 7.90. The molecule has 1 aromatic rings. The van der Waals surface area contributed by atoms with Crippen LogP contribution in [0.15, 0.2) is 35.3 Å². The number of nitriles is 1. The predicted molar refractivity (Wildman–Crippen MR) is 76.2 cm³/mol. The first kappa shape index (κ1) is 13.8. The van der Waals surface area contributed by atoms with Crippen molar-refractivity contribution in [2.75, 3.05) is 11.4 Å². The summed E-state index contributed by atoms with van der Waals surface area (Å²) in [5.74, 6) is 0. The number of rotatable bonds is 3. The summed E-state index contributed by atoms with van der Waals surface area (Å²) >= 11 is 3.45. The highest BCUT2D eigenvalue weighted by molar-refractivity contribution is 9.10. The molecule has 0 bridgehead atoms. The summed E-state index contributed by atoms with van der Waals surface area (Å²) in [4.78, 5) is 2.17. The second kappa shape index (κ2) is 5.37. The monoisotopic (exact) mass is 292 g/mol. The lowest BCUT2D eigenvalue weighted by Crippen LogP contribution is -2.42. The Morgan fingerprint density at radius 3 is 2.59 bits per heavy atom. The van der Waals surface area contributed by atoms with Crippen molar-refractivity contribution >= 4 is 21.6 Å². The second-order valence-corrected chi connectivity index (χ2v) is 5.76. The minimum Gasteiger partial charge on any atom is -0.362 e. The topological polar surface area (TPSA) is 27.0 Å². The van der Waals surface area contributed by atoms with Crippen LogP contribution < -0.4 is 4.90 Å². The molecular weight excluding hydrogens is 276 g/mol. The highest BCUT2D eigenvalue weighted by Crippen LogP contribution is 2.29. The van der Waals surface area contributed by atoms with E-state index in [1.165, 1.54) is 0 Å². The van der Waals surface area contributed by atoms with Crippen LogP contribution in [-0.4, -0.2) is 12.1 Å². The van der Waals surface area contributed by atoms with Crippen molar-refractivity contribution in [3.63, 3.8) is 0 Å². The number of nitrogens with zero attached hydrogens (tertiary/aromatic N) is 2. The molecule has 1 aromatic carbocycles. The predicted octanol–water partition coefficient (Wildman–Crippen LogP) is 4.11. The molecular formula is C14H17BrN2. The van der Waals surface area contributed by atoms with Crippen LogP contribution in [0.5, 0.6) is 0 Å². The highest BCUT2D eigenvalue weighted by atomic mass is 79.9. The SMILES string of the molecule is C=CCN(c1cc(Br)ccc1C#N)C(C)(C)C. The normalized spacial score (nSPS) is 10.8. The van der Waals surface area contributed by atoms with Crippen LogP contribution in [0.4, 0.5) is 5.69 Å². The fourth-order valence-electron chi connectivity index (χ4n) is 1.69. The zero-order chi connectivity index (χ0) is 13.1. The Morgan fingerprint density at radius 2 is 2.12 bits per heavy atom. The van der Waals surface area contributed by atoms with E-state index in [1.54, 1.807) is 0 Å². The zero-order valence-electron chi connectivity index (χ0n) is 10.5. The Kier molecular flexibility index (Phi) is 4.36. The Labute approximate surface area is 112 Å². The number of halogens is 1. The van der Waals surface area contributed by atoms with Gasteiger partial charge >= 0.3 is 0 Å².